The van der Waals surface area contributed by atoms with Crippen LogP contribution in [0.5, 0.6) is 0 Å². The monoisotopic (exact) mass is 296 g/mol. The van der Waals surface area contributed by atoms with E-state index < -0.39 is 10.0 Å². The van der Waals surface area contributed by atoms with Crippen LogP contribution in [0.2, 0.25) is 0 Å². The lowest BCUT2D eigenvalue weighted by molar-refractivity contribution is 0.491. The molecule has 1 aliphatic carbocycles. The first kappa shape index (κ1) is 15.5. The Labute approximate surface area is 122 Å². The molecule has 1 aromatic carbocycles. The molecule has 0 bridgehead atoms. The van der Waals surface area contributed by atoms with Gasteiger partial charge in [-0.3, -0.25) is 0 Å². The van der Waals surface area contributed by atoms with E-state index in [9.17, 15) is 8.42 Å². The van der Waals surface area contributed by atoms with Crippen LogP contribution in [-0.4, -0.2) is 22.0 Å². The Kier molecular flexibility index (Phi) is 4.83. The van der Waals surface area contributed by atoms with Crippen LogP contribution in [0, 0.1) is 18.8 Å². The third kappa shape index (κ3) is 3.59. The van der Waals surface area contributed by atoms with Crippen LogP contribution in [0.1, 0.15) is 30.9 Å². The van der Waals surface area contributed by atoms with Crippen LogP contribution in [0.25, 0.3) is 0 Å². The highest BCUT2D eigenvalue weighted by Gasteiger charge is 2.29. The second-order valence-corrected chi connectivity index (χ2v) is 7.47. The molecule has 4 nitrogen and oxygen atoms in total. The first-order valence-electron chi connectivity index (χ1n) is 7.18. The summed E-state index contributed by atoms with van der Waals surface area (Å²) in [5.41, 5.74) is 1.85. The standard InChI is InChI=1S/C15H24N2O2S/c1-11(13-7-8-13)9-17-20(18,19)15-6-4-5-14(10-16-3)12(15)2/h4-6,11,13,16-17H,7-10H2,1-3H3. The van der Waals surface area contributed by atoms with Gasteiger partial charge in [-0.05, 0) is 55.8 Å². The minimum atomic E-state index is -3.41. The lowest BCUT2D eigenvalue weighted by Gasteiger charge is -2.15. The average molecular weight is 296 g/mol. The van der Waals surface area contributed by atoms with Gasteiger partial charge in [0, 0.05) is 13.1 Å². The molecular formula is C15H24N2O2S. The van der Waals surface area contributed by atoms with E-state index in [4.69, 9.17) is 0 Å². The minimum absolute atomic E-state index is 0.397. The van der Waals surface area contributed by atoms with Crippen molar-refractivity contribution in [3.63, 3.8) is 0 Å². The molecule has 0 spiro atoms. The number of sulfonamides is 1. The summed E-state index contributed by atoms with van der Waals surface area (Å²) in [5, 5.41) is 3.06. The Morgan fingerprint density at radius 1 is 1.35 bits per heavy atom. The molecule has 1 aromatic rings. The molecule has 0 amide bonds. The maximum absolute atomic E-state index is 12.4. The largest absolute Gasteiger partial charge is 0.316 e. The van der Waals surface area contributed by atoms with Gasteiger partial charge >= 0.3 is 0 Å². The van der Waals surface area contributed by atoms with Crippen LogP contribution in [0.15, 0.2) is 23.1 Å². The van der Waals surface area contributed by atoms with E-state index in [2.05, 4.69) is 17.0 Å². The van der Waals surface area contributed by atoms with E-state index in [0.29, 0.717) is 29.8 Å². The number of benzene rings is 1. The Morgan fingerprint density at radius 3 is 2.65 bits per heavy atom. The van der Waals surface area contributed by atoms with Gasteiger partial charge in [0.15, 0.2) is 0 Å². The predicted molar refractivity (Wildman–Crippen MR) is 81.0 cm³/mol. The lowest BCUT2D eigenvalue weighted by Crippen LogP contribution is -2.30. The molecule has 1 saturated carbocycles. The maximum atomic E-state index is 12.4. The molecule has 1 unspecified atom stereocenters. The summed E-state index contributed by atoms with van der Waals surface area (Å²) in [4.78, 5) is 0.397. The van der Waals surface area contributed by atoms with Gasteiger partial charge in [0.2, 0.25) is 10.0 Å². The van der Waals surface area contributed by atoms with Crippen molar-refractivity contribution >= 4 is 10.0 Å². The van der Waals surface area contributed by atoms with E-state index in [0.717, 1.165) is 11.1 Å². The first-order valence-corrected chi connectivity index (χ1v) is 8.66. The highest BCUT2D eigenvalue weighted by molar-refractivity contribution is 7.89. The van der Waals surface area contributed by atoms with Gasteiger partial charge in [-0.1, -0.05) is 19.1 Å². The van der Waals surface area contributed by atoms with Gasteiger partial charge in [-0.25, -0.2) is 13.1 Å². The zero-order chi connectivity index (χ0) is 14.8. The summed E-state index contributed by atoms with van der Waals surface area (Å²) in [6.45, 7) is 5.19. The van der Waals surface area contributed by atoms with Crippen LogP contribution in [0.4, 0.5) is 0 Å². The van der Waals surface area contributed by atoms with Crippen LogP contribution in [0.3, 0.4) is 0 Å². The third-order valence-electron chi connectivity index (χ3n) is 4.08. The van der Waals surface area contributed by atoms with Gasteiger partial charge < -0.3 is 5.32 Å². The summed E-state index contributed by atoms with van der Waals surface area (Å²) >= 11 is 0. The number of nitrogens with one attached hydrogen (secondary N) is 2. The van der Waals surface area contributed by atoms with Crippen molar-refractivity contribution in [3.8, 4) is 0 Å². The van der Waals surface area contributed by atoms with Crippen LogP contribution in [-0.2, 0) is 16.6 Å². The van der Waals surface area contributed by atoms with Crippen molar-refractivity contribution in [1.29, 1.82) is 0 Å². The Morgan fingerprint density at radius 2 is 2.05 bits per heavy atom. The molecule has 0 aliphatic heterocycles. The minimum Gasteiger partial charge on any atom is -0.316 e. The zero-order valence-corrected chi connectivity index (χ0v) is 13.3. The molecule has 1 atom stereocenters. The second kappa shape index (κ2) is 6.24. The van der Waals surface area contributed by atoms with Crippen molar-refractivity contribution in [2.75, 3.05) is 13.6 Å². The predicted octanol–water partition coefficient (Wildman–Crippen LogP) is 2.04. The first-order chi connectivity index (χ1) is 9.45. The van der Waals surface area contributed by atoms with Crippen LogP contribution < -0.4 is 10.0 Å². The van der Waals surface area contributed by atoms with E-state index >= 15 is 0 Å². The zero-order valence-electron chi connectivity index (χ0n) is 12.4. The fraction of sp³-hybridized carbons (Fsp3) is 0.600. The normalized spacial score (nSPS) is 17.1. The average Bonchev–Trinajstić information content (AvgIpc) is 3.23. The summed E-state index contributed by atoms with van der Waals surface area (Å²) in [5.74, 6) is 1.12. The van der Waals surface area contributed by atoms with E-state index in [-0.39, 0.29) is 0 Å². The molecular weight excluding hydrogens is 272 g/mol. The molecule has 1 aliphatic rings. The summed E-state index contributed by atoms with van der Waals surface area (Å²) in [7, 11) is -1.55. The van der Waals surface area contributed by atoms with Gasteiger partial charge in [0.05, 0.1) is 4.90 Å². The van der Waals surface area contributed by atoms with Gasteiger partial charge in [0.25, 0.3) is 0 Å². The highest BCUT2D eigenvalue weighted by atomic mass is 32.2. The molecule has 1 fully saturated rings. The highest BCUT2D eigenvalue weighted by Crippen LogP contribution is 2.36. The van der Waals surface area contributed by atoms with E-state index in [1.165, 1.54) is 12.8 Å². The van der Waals surface area contributed by atoms with Crippen molar-refractivity contribution < 1.29 is 8.42 Å². The number of rotatable bonds is 7. The quantitative estimate of drug-likeness (QED) is 0.809. The molecule has 20 heavy (non-hydrogen) atoms. The molecule has 0 saturated heterocycles. The van der Waals surface area contributed by atoms with Crippen LogP contribution >= 0.6 is 0 Å². The third-order valence-corrected chi connectivity index (χ3v) is 5.64. The molecule has 2 rings (SSSR count). The number of hydrogen-bond acceptors (Lipinski definition) is 3. The molecule has 5 heteroatoms. The summed E-state index contributed by atoms with van der Waals surface area (Å²) < 4.78 is 27.6. The second-order valence-electron chi connectivity index (χ2n) is 5.74. The Bertz CT molecular complexity index is 565. The summed E-state index contributed by atoms with van der Waals surface area (Å²) in [6, 6.07) is 5.44. The fourth-order valence-corrected chi connectivity index (χ4v) is 3.91. The molecule has 0 heterocycles. The van der Waals surface area contributed by atoms with Crippen molar-refractivity contribution in [3.05, 3.63) is 29.3 Å². The van der Waals surface area contributed by atoms with Crippen molar-refractivity contribution in [2.24, 2.45) is 11.8 Å². The lowest BCUT2D eigenvalue weighted by atomic mass is 10.1. The molecule has 2 N–H and O–H groups in total. The smallest absolute Gasteiger partial charge is 0.240 e. The fourth-order valence-electron chi connectivity index (χ4n) is 2.48. The Balaban J connectivity index is 2.13. The van der Waals surface area contributed by atoms with Crippen molar-refractivity contribution in [1.82, 2.24) is 10.0 Å². The van der Waals surface area contributed by atoms with Gasteiger partial charge in [-0.15, -0.1) is 0 Å². The maximum Gasteiger partial charge on any atom is 0.240 e. The SMILES string of the molecule is CNCc1cccc(S(=O)(=O)NCC(C)C2CC2)c1C. The van der Waals surface area contributed by atoms with E-state index in [1.54, 1.807) is 12.1 Å². The van der Waals surface area contributed by atoms with Gasteiger partial charge in [0.1, 0.15) is 0 Å². The molecule has 112 valence electrons. The molecule has 0 radical (unpaired) electrons. The Hall–Kier alpha value is -0.910. The van der Waals surface area contributed by atoms with Gasteiger partial charge in [-0.2, -0.15) is 0 Å². The molecule has 0 aromatic heterocycles. The van der Waals surface area contributed by atoms with Crippen molar-refractivity contribution in [2.45, 2.75) is 38.1 Å². The topological polar surface area (TPSA) is 58.2 Å². The van der Waals surface area contributed by atoms with E-state index in [1.807, 2.05) is 20.0 Å². The summed E-state index contributed by atoms with van der Waals surface area (Å²) in [6.07, 6.45) is 2.47. The number of hydrogen-bond donors (Lipinski definition) is 2.